The van der Waals surface area contributed by atoms with Gasteiger partial charge in [-0.15, -0.1) is 0 Å². The maximum absolute atomic E-state index is 12.7. The molecule has 0 heterocycles. The Kier molecular flexibility index (Phi) is 6.92. The molecule has 27 heavy (non-hydrogen) atoms. The molecule has 0 radical (unpaired) electrons. The van der Waals surface area contributed by atoms with E-state index in [2.05, 4.69) is 5.32 Å². The number of hydrogen-bond acceptors (Lipinski definition) is 4. The standard InChI is InChI=1S/C18H22F3NO5/c1-2-26-15-9-11(3-8-14(15)27-10-16(23)24)17(25)22-13-6-4-12(5-7-13)18(19,20)21/h3,8-9,12-13H,2,4-7,10H2,1H3,(H,22,25)(H,23,24). The van der Waals surface area contributed by atoms with Gasteiger partial charge in [0.25, 0.3) is 5.91 Å². The fourth-order valence-corrected chi connectivity index (χ4v) is 3.01. The normalized spacial score (nSPS) is 20.0. The van der Waals surface area contributed by atoms with Crippen molar-refractivity contribution >= 4 is 11.9 Å². The second-order valence-corrected chi connectivity index (χ2v) is 6.34. The Balaban J connectivity index is 1.99. The molecule has 1 saturated carbocycles. The lowest BCUT2D eigenvalue weighted by Crippen LogP contribution is -2.40. The minimum atomic E-state index is -4.19. The average Bonchev–Trinajstić information content (AvgIpc) is 2.60. The van der Waals surface area contributed by atoms with Crippen LogP contribution in [0.4, 0.5) is 13.2 Å². The van der Waals surface area contributed by atoms with Gasteiger partial charge in [-0.1, -0.05) is 0 Å². The highest BCUT2D eigenvalue weighted by atomic mass is 19.4. The van der Waals surface area contributed by atoms with Crippen LogP contribution in [0.15, 0.2) is 18.2 Å². The molecule has 2 N–H and O–H groups in total. The van der Waals surface area contributed by atoms with Crippen molar-refractivity contribution in [3.05, 3.63) is 23.8 Å². The maximum Gasteiger partial charge on any atom is 0.391 e. The molecule has 1 fully saturated rings. The van der Waals surface area contributed by atoms with Crippen molar-refractivity contribution in [2.24, 2.45) is 5.92 Å². The maximum atomic E-state index is 12.7. The third-order valence-corrected chi connectivity index (χ3v) is 4.38. The Morgan fingerprint density at radius 3 is 2.37 bits per heavy atom. The summed E-state index contributed by atoms with van der Waals surface area (Å²) >= 11 is 0. The number of hydrogen-bond donors (Lipinski definition) is 2. The van der Waals surface area contributed by atoms with Crippen LogP contribution in [-0.4, -0.2) is 42.4 Å². The topological polar surface area (TPSA) is 84.9 Å². The molecule has 1 amide bonds. The number of benzene rings is 1. The number of rotatable bonds is 7. The van der Waals surface area contributed by atoms with Gasteiger partial charge in [-0.2, -0.15) is 13.2 Å². The first-order valence-corrected chi connectivity index (χ1v) is 8.69. The Morgan fingerprint density at radius 1 is 1.15 bits per heavy atom. The van der Waals surface area contributed by atoms with Crippen molar-refractivity contribution in [1.29, 1.82) is 0 Å². The molecular weight excluding hydrogens is 367 g/mol. The van der Waals surface area contributed by atoms with Crippen LogP contribution in [0, 0.1) is 5.92 Å². The third kappa shape index (κ3) is 6.04. The van der Waals surface area contributed by atoms with E-state index in [-0.39, 0.29) is 55.4 Å². The average molecular weight is 389 g/mol. The van der Waals surface area contributed by atoms with Gasteiger partial charge in [0.1, 0.15) is 0 Å². The number of ether oxygens (including phenoxy) is 2. The Labute approximate surface area is 154 Å². The zero-order valence-electron chi connectivity index (χ0n) is 14.8. The van der Waals surface area contributed by atoms with E-state index in [1.807, 2.05) is 0 Å². The number of carbonyl (C=O) groups excluding carboxylic acids is 1. The number of carboxylic acid groups (broad SMARTS) is 1. The van der Waals surface area contributed by atoms with E-state index in [9.17, 15) is 22.8 Å². The quantitative estimate of drug-likeness (QED) is 0.747. The molecule has 0 saturated heterocycles. The number of halogens is 3. The van der Waals surface area contributed by atoms with Crippen LogP contribution < -0.4 is 14.8 Å². The van der Waals surface area contributed by atoms with Gasteiger partial charge < -0.3 is 19.9 Å². The van der Waals surface area contributed by atoms with E-state index < -0.39 is 30.6 Å². The van der Waals surface area contributed by atoms with Gasteiger partial charge >= 0.3 is 12.1 Å². The molecule has 0 bridgehead atoms. The van der Waals surface area contributed by atoms with Gasteiger partial charge in [0.2, 0.25) is 0 Å². The van der Waals surface area contributed by atoms with Crippen molar-refractivity contribution in [2.75, 3.05) is 13.2 Å². The summed E-state index contributed by atoms with van der Waals surface area (Å²) < 4.78 is 48.6. The van der Waals surface area contributed by atoms with Gasteiger partial charge in [-0.05, 0) is 50.8 Å². The summed E-state index contributed by atoms with van der Waals surface area (Å²) in [6.07, 6.45) is -3.64. The largest absolute Gasteiger partial charge is 0.490 e. The zero-order chi connectivity index (χ0) is 20.0. The van der Waals surface area contributed by atoms with Gasteiger partial charge in [0, 0.05) is 11.6 Å². The number of nitrogens with one attached hydrogen (secondary N) is 1. The van der Waals surface area contributed by atoms with E-state index in [0.717, 1.165) is 0 Å². The molecular formula is C18H22F3NO5. The highest BCUT2D eigenvalue weighted by molar-refractivity contribution is 5.95. The predicted molar refractivity (Wildman–Crippen MR) is 90.0 cm³/mol. The highest BCUT2D eigenvalue weighted by Crippen LogP contribution is 2.37. The smallest absolute Gasteiger partial charge is 0.391 e. The fraction of sp³-hybridized carbons (Fsp3) is 0.556. The Morgan fingerprint density at radius 2 is 1.81 bits per heavy atom. The van der Waals surface area contributed by atoms with Gasteiger partial charge in [0.15, 0.2) is 18.1 Å². The van der Waals surface area contributed by atoms with Crippen LogP contribution in [0.25, 0.3) is 0 Å². The van der Waals surface area contributed by atoms with Gasteiger partial charge in [0.05, 0.1) is 12.5 Å². The van der Waals surface area contributed by atoms with E-state index in [0.29, 0.717) is 0 Å². The minimum absolute atomic E-state index is 0.000604. The number of carbonyl (C=O) groups is 2. The summed E-state index contributed by atoms with van der Waals surface area (Å²) in [5.41, 5.74) is 0.263. The molecule has 2 rings (SSSR count). The summed E-state index contributed by atoms with van der Waals surface area (Å²) in [6.45, 7) is 1.47. The van der Waals surface area contributed by atoms with Crippen LogP contribution in [0.1, 0.15) is 43.0 Å². The number of amides is 1. The minimum Gasteiger partial charge on any atom is -0.490 e. The van der Waals surface area contributed by atoms with Crippen LogP contribution >= 0.6 is 0 Å². The number of aliphatic carboxylic acids is 1. The van der Waals surface area contributed by atoms with Crippen molar-refractivity contribution in [2.45, 2.75) is 44.8 Å². The first-order chi connectivity index (χ1) is 12.7. The molecule has 1 aromatic rings. The van der Waals surface area contributed by atoms with Crippen LogP contribution in [0.5, 0.6) is 11.5 Å². The zero-order valence-corrected chi connectivity index (χ0v) is 14.8. The van der Waals surface area contributed by atoms with E-state index in [1.165, 1.54) is 18.2 Å². The monoisotopic (exact) mass is 389 g/mol. The van der Waals surface area contributed by atoms with E-state index in [1.54, 1.807) is 6.92 Å². The number of alkyl halides is 3. The molecule has 1 aromatic carbocycles. The molecule has 1 aliphatic rings. The molecule has 0 aromatic heterocycles. The van der Waals surface area contributed by atoms with Crippen molar-refractivity contribution < 1.29 is 37.3 Å². The lowest BCUT2D eigenvalue weighted by atomic mass is 9.85. The summed E-state index contributed by atoms with van der Waals surface area (Å²) in [6, 6.07) is 4.01. The molecule has 0 spiro atoms. The molecule has 6 nitrogen and oxygen atoms in total. The number of carboxylic acids is 1. The lowest BCUT2D eigenvalue weighted by molar-refractivity contribution is -0.182. The van der Waals surface area contributed by atoms with Crippen molar-refractivity contribution in [3.8, 4) is 11.5 Å². The van der Waals surface area contributed by atoms with E-state index in [4.69, 9.17) is 14.6 Å². The molecule has 0 unspecified atom stereocenters. The fourth-order valence-electron chi connectivity index (χ4n) is 3.01. The lowest BCUT2D eigenvalue weighted by Gasteiger charge is -2.30. The van der Waals surface area contributed by atoms with Gasteiger partial charge in [-0.25, -0.2) is 4.79 Å². The Bertz CT molecular complexity index is 669. The summed E-state index contributed by atoms with van der Waals surface area (Å²) in [5, 5.41) is 11.4. The second kappa shape index (κ2) is 8.96. The molecule has 150 valence electrons. The SMILES string of the molecule is CCOc1cc(C(=O)NC2CCC(C(F)(F)F)CC2)ccc1OCC(=O)O. The van der Waals surface area contributed by atoms with Gasteiger partial charge in [-0.3, -0.25) is 4.79 Å². The van der Waals surface area contributed by atoms with Crippen molar-refractivity contribution in [1.82, 2.24) is 5.32 Å². The summed E-state index contributed by atoms with van der Waals surface area (Å²) in [5.74, 6) is -2.44. The first-order valence-electron chi connectivity index (χ1n) is 8.69. The molecule has 1 aliphatic carbocycles. The molecule has 9 heteroatoms. The molecule has 0 atom stereocenters. The van der Waals surface area contributed by atoms with Crippen molar-refractivity contribution in [3.63, 3.8) is 0 Å². The van der Waals surface area contributed by atoms with Crippen LogP contribution in [0.3, 0.4) is 0 Å². The van der Waals surface area contributed by atoms with Crippen LogP contribution in [0.2, 0.25) is 0 Å². The summed E-state index contributed by atoms with van der Waals surface area (Å²) in [4.78, 5) is 23.0. The molecule has 0 aliphatic heterocycles. The predicted octanol–water partition coefficient (Wildman–Crippen LogP) is 3.40. The first kappa shape index (κ1) is 20.9. The third-order valence-electron chi connectivity index (χ3n) is 4.38. The summed E-state index contributed by atoms with van der Waals surface area (Å²) in [7, 11) is 0. The van der Waals surface area contributed by atoms with Crippen LogP contribution in [-0.2, 0) is 4.79 Å². The highest BCUT2D eigenvalue weighted by Gasteiger charge is 2.41. The second-order valence-electron chi connectivity index (χ2n) is 6.34. The van der Waals surface area contributed by atoms with E-state index >= 15 is 0 Å². The Hall–Kier alpha value is -2.45.